The SMILES string of the molecule is CC(C)Oc1cc(NCC2CNCCO2)ncn1. The fourth-order valence-corrected chi connectivity index (χ4v) is 1.71. The van der Waals surface area contributed by atoms with Crippen LogP contribution < -0.4 is 15.4 Å². The molecule has 2 rings (SSSR count). The molecule has 1 aliphatic heterocycles. The molecular weight excluding hydrogens is 232 g/mol. The molecule has 0 radical (unpaired) electrons. The molecule has 100 valence electrons. The number of nitrogens with zero attached hydrogens (tertiary/aromatic N) is 2. The van der Waals surface area contributed by atoms with E-state index in [2.05, 4.69) is 20.6 Å². The average molecular weight is 252 g/mol. The van der Waals surface area contributed by atoms with Crippen molar-refractivity contribution < 1.29 is 9.47 Å². The Morgan fingerprint density at radius 3 is 3.17 bits per heavy atom. The van der Waals surface area contributed by atoms with Gasteiger partial charge in [0.15, 0.2) is 0 Å². The second-order valence-electron chi connectivity index (χ2n) is 4.49. The molecule has 1 unspecified atom stereocenters. The van der Waals surface area contributed by atoms with Gasteiger partial charge in [0.25, 0.3) is 0 Å². The molecule has 0 spiro atoms. The molecule has 1 aromatic rings. The van der Waals surface area contributed by atoms with Crippen LogP contribution in [0.25, 0.3) is 0 Å². The molecule has 0 aromatic carbocycles. The van der Waals surface area contributed by atoms with Gasteiger partial charge in [-0.05, 0) is 13.8 Å². The number of aromatic nitrogens is 2. The topological polar surface area (TPSA) is 68.3 Å². The average Bonchev–Trinajstić information content (AvgIpc) is 2.37. The van der Waals surface area contributed by atoms with E-state index in [9.17, 15) is 0 Å². The first-order valence-corrected chi connectivity index (χ1v) is 6.29. The molecule has 0 amide bonds. The van der Waals surface area contributed by atoms with Crippen LogP contribution in [0.3, 0.4) is 0 Å². The quantitative estimate of drug-likeness (QED) is 0.802. The molecule has 1 fully saturated rings. The number of rotatable bonds is 5. The smallest absolute Gasteiger partial charge is 0.218 e. The van der Waals surface area contributed by atoms with Gasteiger partial charge in [-0.15, -0.1) is 0 Å². The van der Waals surface area contributed by atoms with Crippen molar-refractivity contribution in [2.24, 2.45) is 0 Å². The Bertz CT molecular complexity index is 367. The van der Waals surface area contributed by atoms with Crippen molar-refractivity contribution in [3.8, 4) is 5.88 Å². The van der Waals surface area contributed by atoms with Crippen molar-refractivity contribution in [1.29, 1.82) is 0 Å². The highest BCUT2D eigenvalue weighted by atomic mass is 16.5. The monoisotopic (exact) mass is 252 g/mol. The minimum atomic E-state index is 0.110. The van der Waals surface area contributed by atoms with Gasteiger partial charge in [-0.25, -0.2) is 9.97 Å². The minimum Gasteiger partial charge on any atom is -0.475 e. The van der Waals surface area contributed by atoms with Crippen molar-refractivity contribution in [2.75, 3.05) is 31.6 Å². The first kappa shape index (κ1) is 13.0. The number of morpholine rings is 1. The molecule has 1 aliphatic rings. The Kier molecular flexibility index (Phi) is 4.72. The summed E-state index contributed by atoms with van der Waals surface area (Å²) in [7, 11) is 0. The van der Waals surface area contributed by atoms with Crippen molar-refractivity contribution in [3.05, 3.63) is 12.4 Å². The lowest BCUT2D eigenvalue weighted by atomic mass is 10.3. The van der Waals surface area contributed by atoms with E-state index in [0.717, 1.165) is 32.1 Å². The van der Waals surface area contributed by atoms with Gasteiger partial charge < -0.3 is 20.1 Å². The lowest BCUT2D eigenvalue weighted by Gasteiger charge is -2.23. The fraction of sp³-hybridized carbons (Fsp3) is 0.667. The number of anilines is 1. The summed E-state index contributed by atoms with van der Waals surface area (Å²) in [6.07, 6.45) is 1.79. The van der Waals surface area contributed by atoms with Gasteiger partial charge in [0.2, 0.25) is 5.88 Å². The molecule has 0 aliphatic carbocycles. The molecule has 18 heavy (non-hydrogen) atoms. The van der Waals surface area contributed by atoms with Gasteiger partial charge in [-0.3, -0.25) is 0 Å². The summed E-state index contributed by atoms with van der Waals surface area (Å²) in [6.45, 7) is 7.22. The maximum atomic E-state index is 5.59. The van der Waals surface area contributed by atoms with E-state index < -0.39 is 0 Å². The van der Waals surface area contributed by atoms with Crippen molar-refractivity contribution in [2.45, 2.75) is 26.1 Å². The minimum absolute atomic E-state index is 0.110. The van der Waals surface area contributed by atoms with Crippen LogP contribution in [0.1, 0.15) is 13.8 Å². The molecule has 0 bridgehead atoms. The first-order valence-electron chi connectivity index (χ1n) is 6.29. The number of nitrogens with one attached hydrogen (secondary N) is 2. The predicted octanol–water partition coefficient (Wildman–Crippen LogP) is 0.664. The summed E-state index contributed by atoms with van der Waals surface area (Å²) in [6, 6.07) is 1.80. The van der Waals surface area contributed by atoms with Crippen LogP contribution in [0.4, 0.5) is 5.82 Å². The van der Waals surface area contributed by atoms with Crippen LogP contribution in [-0.2, 0) is 4.74 Å². The van der Waals surface area contributed by atoms with Crippen LogP contribution in [0.15, 0.2) is 12.4 Å². The molecular formula is C12H20N4O2. The van der Waals surface area contributed by atoms with E-state index in [1.807, 2.05) is 13.8 Å². The van der Waals surface area contributed by atoms with Crippen molar-refractivity contribution >= 4 is 5.82 Å². The van der Waals surface area contributed by atoms with Crippen LogP contribution >= 0.6 is 0 Å². The van der Waals surface area contributed by atoms with Crippen molar-refractivity contribution in [3.63, 3.8) is 0 Å². The zero-order valence-electron chi connectivity index (χ0n) is 10.8. The molecule has 1 atom stereocenters. The Hall–Kier alpha value is -1.40. The maximum Gasteiger partial charge on any atom is 0.218 e. The zero-order chi connectivity index (χ0) is 12.8. The summed E-state index contributed by atoms with van der Waals surface area (Å²) in [5, 5.41) is 6.52. The van der Waals surface area contributed by atoms with E-state index in [0.29, 0.717) is 5.88 Å². The van der Waals surface area contributed by atoms with E-state index >= 15 is 0 Å². The van der Waals surface area contributed by atoms with Gasteiger partial charge >= 0.3 is 0 Å². The second kappa shape index (κ2) is 6.51. The third kappa shape index (κ3) is 4.12. The number of hydrogen-bond donors (Lipinski definition) is 2. The van der Waals surface area contributed by atoms with E-state index in [4.69, 9.17) is 9.47 Å². The second-order valence-corrected chi connectivity index (χ2v) is 4.49. The lowest BCUT2D eigenvalue weighted by molar-refractivity contribution is 0.0372. The van der Waals surface area contributed by atoms with Gasteiger partial charge in [-0.1, -0.05) is 0 Å². The van der Waals surface area contributed by atoms with E-state index in [1.165, 1.54) is 6.33 Å². The summed E-state index contributed by atoms with van der Waals surface area (Å²) < 4.78 is 11.1. The van der Waals surface area contributed by atoms with Gasteiger partial charge in [0, 0.05) is 25.7 Å². The first-order chi connectivity index (χ1) is 8.74. The van der Waals surface area contributed by atoms with Crippen LogP contribution in [0.2, 0.25) is 0 Å². The molecule has 2 N–H and O–H groups in total. The summed E-state index contributed by atoms with van der Waals surface area (Å²) in [5.41, 5.74) is 0. The summed E-state index contributed by atoms with van der Waals surface area (Å²) in [4.78, 5) is 8.21. The fourth-order valence-electron chi connectivity index (χ4n) is 1.71. The van der Waals surface area contributed by atoms with Crippen molar-refractivity contribution in [1.82, 2.24) is 15.3 Å². The third-order valence-corrected chi connectivity index (χ3v) is 2.51. The van der Waals surface area contributed by atoms with E-state index in [1.54, 1.807) is 6.07 Å². The highest BCUT2D eigenvalue weighted by Crippen LogP contribution is 2.12. The number of ether oxygens (including phenoxy) is 2. The van der Waals surface area contributed by atoms with E-state index in [-0.39, 0.29) is 12.2 Å². The number of hydrogen-bond acceptors (Lipinski definition) is 6. The Morgan fingerprint density at radius 1 is 1.56 bits per heavy atom. The van der Waals surface area contributed by atoms with Crippen LogP contribution in [-0.4, -0.2) is 48.4 Å². The zero-order valence-corrected chi connectivity index (χ0v) is 10.8. The Morgan fingerprint density at radius 2 is 2.44 bits per heavy atom. The van der Waals surface area contributed by atoms with Crippen LogP contribution in [0, 0.1) is 0 Å². The summed E-state index contributed by atoms with van der Waals surface area (Å²) in [5.74, 6) is 1.35. The Labute approximate surface area is 107 Å². The molecule has 6 heteroatoms. The van der Waals surface area contributed by atoms with Gasteiger partial charge in [0.05, 0.1) is 18.8 Å². The molecule has 1 saturated heterocycles. The predicted molar refractivity (Wildman–Crippen MR) is 68.9 cm³/mol. The normalized spacial score (nSPS) is 19.8. The highest BCUT2D eigenvalue weighted by molar-refractivity contribution is 5.37. The standard InChI is InChI=1S/C12H20N4O2/c1-9(2)18-12-5-11(15-8-16-12)14-7-10-6-13-3-4-17-10/h5,8-10,13H,3-4,6-7H2,1-2H3,(H,14,15,16). The molecule has 0 saturated carbocycles. The molecule has 6 nitrogen and oxygen atoms in total. The lowest BCUT2D eigenvalue weighted by Crippen LogP contribution is -2.42. The Balaban J connectivity index is 1.84. The molecule has 1 aromatic heterocycles. The molecule has 2 heterocycles. The maximum absolute atomic E-state index is 5.59. The summed E-state index contributed by atoms with van der Waals surface area (Å²) >= 11 is 0. The van der Waals surface area contributed by atoms with Crippen LogP contribution in [0.5, 0.6) is 5.88 Å². The van der Waals surface area contributed by atoms with Gasteiger partial charge in [-0.2, -0.15) is 0 Å². The largest absolute Gasteiger partial charge is 0.475 e. The third-order valence-electron chi connectivity index (χ3n) is 2.51. The van der Waals surface area contributed by atoms with Gasteiger partial charge in [0.1, 0.15) is 12.1 Å². The highest BCUT2D eigenvalue weighted by Gasteiger charge is 2.13.